The van der Waals surface area contributed by atoms with E-state index < -0.39 is 0 Å². The van der Waals surface area contributed by atoms with Crippen LogP contribution in [0.25, 0.3) is 0 Å². The third-order valence-corrected chi connectivity index (χ3v) is 1.78. The van der Waals surface area contributed by atoms with Crippen LogP contribution >= 0.6 is 0 Å². The van der Waals surface area contributed by atoms with Crippen LogP contribution in [0.2, 0.25) is 0 Å². The van der Waals surface area contributed by atoms with Crippen LogP contribution in [-0.2, 0) is 9.53 Å². The Morgan fingerprint density at radius 2 is 2.42 bits per heavy atom. The number of ether oxygens (including phenoxy) is 1. The van der Waals surface area contributed by atoms with E-state index in [4.69, 9.17) is 0 Å². The lowest BCUT2D eigenvalue weighted by atomic mass is 9.85. The van der Waals surface area contributed by atoms with Gasteiger partial charge >= 0.3 is 0 Å². The first-order valence-electron chi connectivity index (χ1n) is 4.05. The molecule has 0 heterocycles. The van der Waals surface area contributed by atoms with Gasteiger partial charge in [0.05, 0.1) is 0 Å². The highest BCUT2D eigenvalue weighted by molar-refractivity contribution is 5.91. The fourth-order valence-corrected chi connectivity index (χ4v) is 1.14. The average Bonchev–Trinajstić information content (AvgIpc) is 1.96. The van der Waals surface area contributed by atoms with E-state index in [0.717, 1.165) is 24.5 Å². The van der Waals surface area contributed by atoms with Crippen molar-refractivity contribution in [3.8, 4) is 0 Å². The predicted molar refractivity (Wildman–Crippen MR) is 45.9 cm³/mol. The summed E-state index contributed by atoms with van der Waals surface area (Å²) in [7, 11) is 1.48. The maximum atomic E-state index is 10.8. The van der Waals surface area contributed by atoms with Crippen molar-refractivity contribution in [1.29, 1.82) is 0 Å². The second-order valence-electron chi connectivity index (χ2n) is 3.16. The van der Waals surface area contributed by atoms with Gasteiger partial charge in [0.2, 0.25) is 0 Å². The van der Waals surface area contributed by atoms with E-state index in [2.05, 4.69) is 22.2 Å². The number of carbonyl (C=O) groups excluding carboxylic acids is 1. The summed E-state index contributed by atoms with van der Waals surface area (Å²) in [4.78, 5) is 10.8. The number of hydrogen-bond acceptors (Lipinski definition) is 3. The minimum Gasteiger partial charge on any atom is -0.375 e. The summed E-state index contributed by atoms with van der Waals surface area (Å²) in [5.41, 5.74) is 3.51. The molecule has 1 fully saturated rings. The van der Waals surface area contributed by atoms with Crippen LogP contribution in [0.5, 0.6) is 0 Å². The Labute approximate surface area is 72.0 Å². The van der Waals surface area contributed by atoms with Crippen LogP contribution in [0.15, 0.2) is 5.10 Å². The smallest absolute Gasteiger partial charge is 0.266 e. The zero-order valence-corrected chi connectivity index (χ0v) is 7.46. The third-order valence-electron chi connectivity index (χ3n) is 1.78. The number of rotatable bonds is 3. The lowest BCUT2D eigenvalue weighted by Gasteiger charge is -2.23. The standard InChI is InChI=1S/C8H14N2O2/c1-6-3-7(4-6)9-10-8(11)5-12-2/h6H,3-5H2,1-2H3,(H,10,11). The Balaban J connectivity index is 2.16. The van der Waals surface area contributed by atoms with Gasteiger partial charge in [0, 0.05) is 12.8 Å². The summed E-state index contributed by atoms with van der Waals surface area (Å²) >= 11 is 0. The molecule has 0 aromatic carbocycles. The fourth-order valence-electron chi connectivity index (χ4n) is 1.14. The molecule has 0 atom stereocenters. The van der Waals surface area contributed by atoms with Gasteiger partial charge in [-0.1, -0.05) is 6.92 Å². The summed E-state index contributed by atoms with van der Waals surface area (Å²) in [5.74, 6) is 0.535. The maximum absolute atomic E-state index is 10.8. The lowest BCUT2D eigenvalue weighted by Crippen LogP contribution is -2.28. The summed E-state index contributed by atoms with van der Waals surface area (Å²) in [6.07, 6.45) is 2.01. The largest absolute Gasteiger partial charge is 0.375 e. The summed E-state index contributed by atoms with van der Waals surface area (Å²) in [6.45, 7) is 2.24. The molecule has 0 aliphatic heterocycles. The molecule has 1 amide bonds. The molecule has 0 bridgehead atoms. The number of carbonyl (C=O) groups is 1. The zero-order valence-electron chi connectivity index (χ0n) is 7.46. The van der Waals surface area contributed by atoms with E-state index in [-0.39, 0.29) is 12.5 Å². The number of hydrazone groups is 1. The molecule has 1 saturated carbocycles. The van der Waals surface area contributed by atoms with Gasteiger partial charge in [0.1, 0.15) is 6.61 Å². The van der Waals surface area contributed by atoms with Gasteiger partial charge in [0.25, 0.3) is 5.91 Å². The molecule has 1 aliphatic rings. The van der Waals surface area contributed by atoms with Crippen molar-refractivity contribution in [2.24, 2.45) is 11.0 Å². The number of hydrogen-bond donors (Lipinski definition) is 1. The van der Waals surface area contributed by atoms with Crippen LogP contribution in [-0.4, -0.2) is 25.3 Å². The van der Waals surface area contributed by atoms with E-state index in [0.29, 0.717) is 0 Å². The van der Waals surface area contributed by atoms with Crippen molar-refractivity contribution < 1.29 is 9.53 Å². The first kappa shape index (κ1) is 9.19. The zero-order chi connectivity index (χ0) is 8.97. The number of nitrogens with one attached hydrogen (secondary N) is 1. The van der Waals surface area contributed by atoms with Crippen molar-refractivity contribution in [2.45, 2.75) is 19.8 Å². The minimum absolute atomic E-state index is 0.0757. The van der Waals surface area contributed by atoms with Gasteiger partial charge in [-0.05, 0) is 18.8 Å². The summed E-state index contributed by atoms with van der Waals surface area (Å²) in [6, 6.07) is 0. The molecule has 4 nitrogen and oxygen atoms in total. The Kier molecular flexibility index (Phi) is 3.22. The molecule has 0 unspecified atom stereocenters. The molecule has 1 aliphatic carbocycles. The number of nitrogens with zero attached hydrogens (tertiary/aromatic N) is 1. The minimum atomic E-state index is -0.190. The highest BCUT2D eigenvalue weighted by Crippen LogP contribution is 2.22. The van der Waals surface area contributed by atoms with Gasteiger partial charge in [0.15, 0.2) is 0 Å². The van der Waals surface area contributed by atoms with Crippen molar-refractivity contribution in [3.05, 3.63) is 0 Å². The normalized spacial score (nSPS) is 21.5. The average molecular weight is 170 g/mol. The first-order valence-corrected chi connectivity index (χ1v) is 4.05. The van der Waals surface area contributed by atoms with E-state index >= 15 is 0 Å². The molecule has 0 saturated heterocycles. The van der Waals surface area contributed by atoms with Crippen LogP contribution in [0, 0.1) is 5.92 Å². The van der Waals surface area contributed by atoms with Crippen molar-refractivity contribution in [3.63, 3.8) is 0 Å². The molecule has 0 aromatic rings. The molecule has 0 radical (unpaired) electrons. The molecule has 1 N–H and O–H groups in total. The molecule has 12 heavy (non-hydrogen) atoms. The Bertz CT molecular complexity index is 193. The topological polar surface area (TPSA) is 50.7 Å². The number of methoxy groups -OCH3 is 1. The van der Waals surface area contributed by atoms with Crippen LogP contribution in [0.4, 0.5) is 0 Å². The maximum Gasteiger partial charge on any atom is 0.266 e. The summed E-state index contributed by atoms with van der Waals surface area (Å²) in [5, 5.41) is 3.94. The first-order chi connectivity index (χ1) is 5.72. The third kappa shape index (κ3) is 2.62. The van der Waals surface area contributed by atoms with Gasteiger partial charge in [-0.2, -0.15) is 5.10 Å². The highest BCUT2D eigenvalue weighted by atomic mass is 16.5. The second-order valence-corrected chi connectivity index (χ2v) is 3.16. The quantitative estimate of drug-likeness (QED) is 0.628. The molecule has 0 spiro atoms. The van der Waals surface area contributed by atoms with E-state index in [1.165, 1.54) is 7.11 Å². The van der Waals surface area contributed by atoms with Crippen molar-refractivity contribution in [2.75, 3.05) is 13.7 Å². The highest BCUT2D eigenvalue weighted by Gasteiger charge is 2.19. The van der Waals surface area contributed by atoms with E-state index in [1.807, 2.05) is 0 Å². The predicted octanol–water partition coefficient (Wildman–Crippen LogP) is 0.535. The van der Waals surface area contributed by atoms with Gasteiger partial charge in [-0.3, -0.25) is 4.79 Å². The molecular weight excluding hydrogens is 156 g/mol. The Morgan fingerprint density at radius 3 is 2.92 bits per heavy atom. The Hall–Kier alpha value is -0.900. The van der Waals surface area contributed by atoms with Gasteiger partial charge in [-0.25, -0.2) is 5.43 Å². The van der Waals surface area contributed by atoms with Gasteiger partial charge < -0.3 is 4.74 Å². The molecule has 68 valence electrons. The SMILES string of the molecule is COCC(=O)NN=C1CC(C)C1. The molecule has 0 aromatic heterocycles. The van der Waals surface area contributed by atoms with E-state index in [9.17, 15) is 4.79 Å². The Morgan fingerprint density at radius 1 is 1.75 bits per heavy atom. The van der Waals surface area contributed by atoms with Crippen molar-refractivity contribution in [1.82, 2.24) is 5.43 Å². The van der Waals surface area contributed by atoms with Crippen LogP contribution < -0.4 is 5.43 Å². The fraction of sp³-hybridized carbons (Fsp3) is 0.750. The molecule has 4 heteroatoms. The lowest BCUT2D eigenvalue weighted by molar-refractivity contribution is -0.124. The summed E-state index contributed by atoms with van der Waals surface area (Å²) < 4.78 is 4.63. The number of amides is 1. The van der Waals surface area contributed by atoms with Crippen molar-refractivity contribution >= 4 is 11.6 Å². The van der Waals surface area contributed by atoms with Crippen LogP contribution in [0.3, 0.4) is 0 Å². The van der Waals surface area contributed by atoms with Crippen LogP contribution in [0.1, 0.15) is 19.8 Å². The monoisotopic (exact) mass is 170 g/mol. The molecular formula is C8H14N2O2. The van der Waals surface area contributed by atoms with E-state index in [1.54, 1.807) is 0 Å². The second kappa shape index (κ2) is 4.21. The van der Waals surface area contributed by atoms with Gasteiger partial charge in [-0.15, -0.1) is 0 Å². The molecule has 1 rings (SSSR count).